The minimum absolute atomic E-state index is 0.0519. The van der Waals surface area contributed by atoms with Crippen LogP contribution in [0, 0.1) is 0 Å². The van der Waals surface area contributed by atoms with Crippen molar-refractivity contribution in [1.29, 1.82) is 0 Å². The lowest BCUT2D eigenvalue weighted by Crippen LogP contribution is -2.26. The Hall–Kier alpha value is -2.57. The van der Waals surface area contributed by atoms with E-state index in [1.165, 1.54) is 11.8 Å². The lowest BCUT2D eigenvalue weighted by molar-refractivity contribution is 0.0940. The number of hydrogen-bond donors (Lipinski definition) is 1. The quantitative estimate of drug-likeness (QED) is 0.253. The number of thioether (sulfide) groups is 1. The summed E-state index contributed by atoms with van der Waals surface area (Å²) in [5.41, 5.74) is 2.80. The zero-order valence-corrected chi connectivity index (χ0v) is 19.6. The zero-order chi connectivity index (χ0) is 22.2. The van der Waals surface area contributed by atoms with Gasteiger partial charge < -0.3 is 10.2 Å². The number of carbonyl (C=O) groups is 1. The van der Waals surface area contributed by atoms with Crippen LogP contribution in [0.15, 0.2) is 65.8 Å². The van der Waals surface area contributed by atoms with Crippen LogP contribution in [0.4, 0.5) is 5.82 Å². The highest BCUT2D eigenvalue weighted by Crippen LogP contribution is 2.24. The summed E-state index contributed by atoms with van der Waals surface area (Å²) in [6, 6.07) is 19.3. The first kappa shape index (κ1) is 23.1. The van der Waals surface area contributed by atoms with Crippen molar-refractivity contribution in [2.24, 2.45) is 0 Å². The van der Waals surface area contributed by atoms with Gasteiger partial charge in [0.15, 0.2) is 5.16 Å². The van der Waals surface area contributed by atoms with E-state index >= 15 is 0 Å². The Morgan fingerprint density at radius 3 is 2.52 bits per heavy atom. The summed E-state index contributed by atoms with van der Waals surface area (Å²) in [6.45, 7) is 5.01. The van der Waals surface area contributed by atoms with Crippen LogP contribution in [0.5, 0.6) is 0 Å². The predicted molar refractivity (Wildman–Crippen MR) is 129 cm³/mol. The fourth-order valence-corrected chi connectivity index (χ4v) is 4.14. The first-order valence-corrected chi connectivity index (χ1v) is 11.7. The summed E-state index contributed by atoms with van der Waals surface area (Å²) < 4.78 is 0. The molecule has 1 atom stereocenters. The molecule has 1 heterocycles. The van der Waals surface area contributed by atoms with Crippen LogP contribution in [0.25, 0.3) is 0 Å². The van der Waals surface area contributed by atoms with Crippen LogP contribution >= 0.6 is 23.4 Å². The number of nitrogens with zero attached hydrogens (tertiary/aromatic N) is 3. The topological polar surface area (TPSA) is 58.1 Å². The minimum atomic E-state index is -0.0858. The van der Waals surface area contributed by atoms with Gasteiger partial charge in [-0.1, -0.05) is 72.8 Å². The second-order valence-electron chi connectivity index (χ2n) is 7.34. The van der Waals surface area contributed by atoms with Gasteiger partial charge in [0.1, 0.15) is 11.0 Å². The lowest BCUT2D eigenvalue weighted by Gasteiger charge is -2.17. The molecule has 1 unspecified atom stereocenters. The molecule has 3 aromatic rings. The van der Waals surface area contributed by atoms with Gasteiger partial charge in [-0.2, -0.15) is 0 Å². The van der Waals surface area contributed by atoms with E-state index in [9.17, 15) is 4.79 Å². The largest absolute Gasteiger partial charge is 0.360 e. The van der Waals surface area contributed by atoms with Gasteiger partial charge in [0.05, 0.1) is 6.04 Å². The monoisotopic (exact) mass is 454 g/mol. The maximum atomic E-state index is 12.6. The van der Waals surface area contributed by atoms with Gasteiger partial charge in [0, 0.05) is 31.0 Å². The van der Waals surface area contributed by atoms with Crippen LogP contribution in [0.3, 0.4) is 0 Å². The highest BCUT2D eigenvalue weighted by Gasteiger charge is 2.12. The fraction of sp³-hybridized carbons (Fsp3) is 0.292. The molecule has 0 aliphatic carbocycles. The first-order chi connectivity index (χ1) is 15.0. The van der Waals surface area contributed by atoms with Crippen LogP contribution < -0.4 is 10.2 Å². The van der Waals surface area contributed by atoms with Crippen molar-refractivity contribution >= 4 is 35.1 Å². The van der Waals surface area contributed by atoms with Gasteiger partial charge >= 0.3 is 0 Å². The van der Waals surface area contributed by atoms with Crippen molar-refractivity contribution in [3.05, 3.63) is 82.5 Å². The van der Waals surface area contributed by atoms with Crippen LogP contribution in [0.2, 0.25) is 5.15 Å². The minimum Gasteiger partial charge on any atom is -0.360 e. The summed E-state index contributed by atoms with van der Waals surface area (Å²) in [4.78, 5) is 23.6. The molecule has 1 N–H and O–H groups in total. The second kappa shape index (κ2) is 11.2. The van der Waals surface area contributed by atoms with Gasteiger partial charge in [-0.05, 0) is 36.6 Å². The molecule has 5 nitrogen and oxygen atoms in total. The van der Waals surface area contributed by atoms with Gasteiger partial charge in [-0.3, -0.25) is 4.79 Å². The summed E-state index contributed by atoms with van der Waals surface area (Å²) in [6.07, 6.45) is 1.03. The van der Waals surface area contributed by atoms with Gasteiger partial charge in [0.2, 0.25) is 0 Å². The Kier molecular flexibility index (Phi) is 8.32. The number of hydrogen-bond acceptors (Lipinski definition) is 5. The Morgan fingerprint density at radius 1 is 1.13 bits per heavy atom. The molecule has 0 saturated heterocycles. The van der Waals surface area contributed by atoms with E-state index in [4.69, 9.17) is 11.6 Å². The third-order valence-corrected chi connectivity index (χ3v) is 5.95. The molecule has 3 rings (SSSR count). The Balaban J connectivity index is 1.59. The van der Waals surface area contributed by atoms with Crippen molar-refractivity contribution < 1.29 is 4.79 Å². The third kappa shape index (κ3) is 6.71. The zero-order valence-electron chi connectivity index (χ0n) is 18.0. The maximum absolute atomic E-state index is 12.6. The smallest absolute Gasteiger partial charge is 0.251 e. The number of halogens is 1. The molecule has 31 heavy (non-hydrogen) atoms. The fourth-order valence-electron chi connectivity index (χ4n) is 3.10. The molecular formula is C24H27ClN4OS. The summed E-state index contributed by atoms with van der Waals surface area (Å²) >= 11 is 7.71. The van der Waals surface area contributed by atoms with Crippen LogP contribution in [-0.4, -0.2) is 29.5 Å². The standard InChI is InChI=1S/C24H27ClN4OS/c1-4-14-29(3)22-15-21(25)27-24(28-22)31-16-18-10-12-20(13-11-18)23(30)26-17(2)19-8-6-5-7-9-19/h5-13,15,17H,4,14,16H2,1-3H3,(H,26,30). The summed E-state index contributed by atoms with van der Waals surface area (Å²) in [7, 11) is 2.00. The van der Waals surface area contributed by atoms with Crippen molar-refractivity contribution in [1.82, 2.24) is 15.3 Å². The number of anilines is 1. The molecular weight excluding hydrogens is 428 g/mol. The van der Waals surface area contributed by atoms with E-state index in [2.05, 4.69) is 27.1 Å². The van der Waals surface area contributed by atoms with Crippen molar-refractivity contribution in [3.63, 3.8) is 0 Å². The molecule has 0 bridgehead atoms. The van der Waals surface area contributed by atoms with E-state index in [-0.39, 0.29) is 11.9 Å². The van der Waals surface area contributed by atoms with E-state index in [0.717, 1.165) is 29.9 Å². The normalized spacial score (nSPS) is 11.7. The van der Waals surface area contributed by atoms with E-state index in [1.807, 2.05) is 68.6 Å². The molecule has 0 saturated carbocycles. The maximum Gasteiger partial charge on any atom is 0.251 e. The third-order valence-electron chi connectivity index (χ3n) is 4.84. The van der Waals surface area contributed by atoms with Gasteiger partial charge in [-0.15, -0.1) is 0 Å². The number of nitrogens with one attached hydrogen (secondary N) is 1. The predicted octanol–water partition coefficient (Wildman–Crippen LogP) is 5.76. The van der Waals surface area contributed by atoms with E-state index in [1.54, 1.807) is 6.07 Å². The van der Waals surface area contributed by atoms with E-state index < -0.39 is 0 Å². The molecule has 0 spiro atoms. The highest BCUT2D eigenvalue weighted by atomic mass is 35.5. The average molecular weight is 455 g/mol. The average Bonchev–Trinajstić information content (AvgIpc) is 2.78. The molecule has 1 amide bonds. The molecule has 7 heteroatoms. The highest BCUT2D eigenvalue weighted by molar-refractivity contribution is 7.98. The number of aromatic nitrogens is 2. The Morgan fingerprint density at radius 2 is 1.84 bits per heavy atom. The molecule has 0 radical (unpaired) electrons. The summed E-state index contributed by atoms with van der Waals surface area (Å²) in [5.74, 6) is 1.43. The van der Waals surface area contributed by atoms with Gasteiger partial charge in [0.25, 0.3) is 5.91 Å². The van der Waals surface area contributed by atoms with Crippen LogP contribution in [0.1, 0.15) is 47.8 Å². The molecule has 0 fully saturated rings. The SMILES string of the molecule is CCCN(C)c1cc(Cl)nc(SCc2ccc(C(=O)NC(C)c3ccccc3)cc2)n1. The molecule has 2 aromatic carbocycles. The van der Waals surface area contributed by atoms with Crippen LogP contribution in [-0.2, 0) is 5.75 Å². The number of carbonyl (C=O) groups excluding carboxylic acids is 1. The lowest BCUT2D eigenvalue weighted by atomic mass is 10.1. The van der Waals surface area contributed by atoms with Crippen molar-refractivity contribution in [2.75, 3.05) is 18.5 Å². The molecule has 1 aromatic heterocycles. The number of rotatable bonds is 9. The van der Waals surface area contributed by atoms with Crippen molar-refractivity contribution in [2.45, 2.75) is 37.2 Å². The molecule has 0 aliphatic rings. The number of amides is 1. The van der Waals surface area contributed by atoms with Crippen molar-refractivity contribution in [3.8, 4) is 0 Å². The Bertz CT molecular complexity index is 998. The number of benzene rings is 2. The molecule has 162 valence electrons. The first-order valence-electron chi connectivity index (χ1n) is 10.3. The Labute approximate surface area is 193 Å². The molecule has 0 aliphatic heterocycles. The summed E-state index contributed by atoms with van der Waals surface area (Å²) in [5, 5.41) is 4.12. The van der Waals surface area contributed by atoms with Gasteiger partial charge in [-0.25, -0.2) is 9.97 Å². The second-order valence-corrected chi connectivity index (χ2v) is 8.67. The van der Waals surface area contributed by atoms with E-state index in [0.29, 0.717) is 21.6 Å².